The van der Waals surface area contributed by atoms with E-state index in [0.29, 0.717) is 0 Å². The number of rotatable bonds is 5. The van der Waals surface area contributed by atoms with Crippen molar-refractivity contribution in [3.63, 3.8) is 0 Å². The first-order valence-electron chi connectivity index (χ1n) is 9.89. The Hall–Kier alpha value is -2.74. The van der Waals surface area contributed by atoms with Gasteiger partial charge in [0.1, 0.15) is 6.04 Å². The fourth-order valence-electron chi connectivity index (χ4n) is 3.82. The number of hydrogen-bond donors (Lipinski definition) is 2. The van der Waals surface area contributed by atoms with Crippen molar-refractivity contribution in [3.8, 4) is 0 Å². The van der Waals surface area contributed by atoms with Crippen LogP contribution in [-0.4, -0.2) is 42.4 Å². The van der Waals surface area contributed by atoms with Gasteiger partial charge in [-0.05, 0) is 47.4 Å². The zero-order chi connectivity index (χ0) is 21.3. The van der Waals surface area contributed by atoms with Gasteiger partial charge in [0.15, 0.2) is 0 Å². The van der Waals surface area contributed by atoms with E-state index in [-0.39, 0.29) is 24.5 Å². The summed E-state index contributed by atoms with van der Waals surface area (Å²) < 4.78 is 28.5. The SMILES string of the molecule is CC(CO)NC(=O)C1Cc2ccccc2CN1S(=O)(=O)c1ccc2ccccc2c1. The van der Waals surface area contributed by atoms with Gasteiger partial charge < -0.3 is 10.4 Å². The summed E-state index contributed by atoms with van der Waals surface area (Å²) in [6.45, 7) is 1.58. The third-order valence-corrected chi connectivity index (χ3v) is 7.35. The van der Waals surface area contributed by atoms with Gasteiger partial charge in [-0.2, -0.15) is 4.31 Å². The molecule has 3 aromatic rings. The van der Waals surface area contributed by atoms with Crippen molar-refractivity contribution >= 4 is 26.7 Å². The highest BCUT2D eigenvalue weighted by Crippen LogP contribution is 2.30. The van der Waals surface area contributed by atoms with Crippen LogP contribution in [0.3, 0.4) is 0 Å². The Labute approximate surface area is 176 Å². The number of amides is 1. The third-order valence-electron chi connectivity index (χ3n) is 5.50. The van der Waals surface area contributed by atoms with Crippen LogP contribution in [0.4, 0.5) is 0 Å². The fraction of sp³-hybridized carbons (Fsp3) is 0.261. The van der Waals surface area contributed by atoms with Crippen LogP contribution in [0.2, 0.25) is 0 Å². The van der Waals surface area contributed by atoms with Gasteiger partial charge in [0.05, 0.1) is 11.5 Å². The zero-order valence-corrected chi connectivity index (χ0v) is 17.5. The van der Waals surface area contributed by atoms with E-state index in [1.54, 1.807) is 25.1 Å². The second kappa shape index (κ2) is 8.18. The highest BCUT2D eigenvalue weighted by Gasteiger charge is 2.39. The van der Waals surface area contributed by atoms with Crippen molar-refractivity contribution in [1.29, 1.82) is 0 Å². The smallest absolute Gasteiger partial charge is 0.244 e. The minimum atomic E-state index is -3.92. The Balaban J connectivity index is 1.76. The van der Waals surface area contributed by atoms with E-state index in [2.05, 4.69) is 5.32 Å². The molecular formula is C23H24N2O4S. The zero-order valence-electron chi connectivity index (χ0n) is 16.7. The molecule has 0 aliphatic carbocycles. The second-order valence-corrected chi connectivity index (χ2v) is 9.53. The van der Waals surface area contributed by atoms with Crippen molar-refractivity contribution in [2.24, 2.45) is 0 Å². The number of carbonyl (C=O) groups is 1. The Bertz CT molecular complexity index is 1190. The highest BCUT2D eigenvalue weighted by atomic mass is 32.2. The Kier molecular flexibility index (Phi) is 5.60. The van der Waals surface area contributed by atoms with Crippen LogP contribution in [0.25, 0.3) is 10.8 Å². The minimum Gasteiger partial charge on any atom is -0.394 e. The predicted molar refractivity (Wildman–Crippen MR) is 115 cm³/mol. The number of aliphatic hydroxyl groups is 1. The summed E-state index contributed by atoms with van der Waals surface area (Å²) in [6, 6.07) is 18.8. The van der Waals surface area contributed by atoms with Crippen LogP contribution in [0.5, 0.6) is 0 Å². The van der Waals surface area contributed by atoms with Gasteiger partial charge in [-0.1, -0.05) is 54.6 Å². The number of fused-ring (bicyclic) bond motifs is 2. The molecule has 7 heteroatoms. The average Bonchev–Trinajstić information content (AvgIpc) is 2.77. The first-order valence-corrected chi connectivity index (χ1v) is 11.3. The molecule has 0 fully saturated rings. The molecule has 2 atom stereocenters. The van der Waals surface area contributed by atoms with E-state index in [1.807, 2.05) is 48.5 Å². The lowest BCUT2D eigenvalue weighted by atomic mass is 9.95. The normalized spacial score (nSPS) is 18.0. The van der Waals surface area contributed by atoms with Crippen molar-refractivity contribution < 1.29 is 18.3 Å². The molecule has 1 heterocycles. The fourth-order valence-corrected chi connectivity index (χ4v) is 5.42. The van der Waals surface area contributed by atoms with Crippen molar-refractivity contribution in [3.05, 3.63) is 77.9 Å². The number of carbonyl (C=O) groups excluding carboxylic acids is 1. The number of aliphatic hydroxyl groups excluding tert-OH is 1. The summed E-state index contributed by atoms with van der Waals surface area (Å²) in [4.78, 5) is 13.1. The topological polar surface area (TPSA) is 86.7 Å². The molecule has 1 amide bonds. The molecule has 2 unspecified atom stereocenters. The predicted octanol–water partition coefficient (Wildman–Crippen LogP) is 2.45. The van der Waals surface area contributed by atoms with Gasteiger partial charge in [-0.3, -0.25) is 4.79 Å². The van der Waals surface area contributed by atoms with E-state index in [0.717, 1.165) is 21.9 Å². The van der Waals surface area contributed by atoms with E-state index in [1.165, 1.54) is 4.31 Å². The van der Waals surface area contributed by atoms with Crippen molar-refractivity contribution in [2.45, 2.75) is 36.9 Å². The minimum absolute atomic E-state index is 0.122. The molecule has 0 saturated carbocycles. The molecule has 1 aliphatic heterocycles. The van der Waals surface area contributed by atoms with Crippen LogP contribution >= 0.6 is 0 Å². The number of benzene rings is 3. The van der Waals surface area contributed by atoms with Gasteiger partial charge >= 0.3 is 0 Å². The van der Waals surface area contributed by atoms with E-state index >= 15 is 0 Å². The second-order valence-electron chi connectivity index (χ2n) is 7.64. The van der Waals surface area contributed by atoms with E-state index in [4.69, 9.17) is 0 Å². The molecule has 0 aromatic heterocycles. The molecule has 0 spiro atoms. The lowest BCUT2D eigenvalue weighted by molar-refractivity contribution is -0.126. The maximum atomic E-state index is 13.6. The monoisotopic (exact) mass is 424 g/mol. The molecule has 1 aliphatic rings. The molecule has 0 saturated heterocycles. The number of nitrogens with zero attached hydrogens (tertiary/aromatic N) is 1. The molecule has 6 nitrogen and oxygen atoms in total. The lowest BCUT2D eigenvalue weighted by Crippen LogP contribution is -2.54. The Morgan fingerprint density at radius 1 is 1.07 bits per heavy atom. The maximum absolute atomic E-state index is 13.6. The maximum Gasteiger partial charge on any atom is 0.244 e. The summed E-state index contributed by atoms with van der Waals surface area (Å²) in [5, 5.41) is 13.8. The highest BCUT2D eigenvalue weighted by molar-refractivity contribution is 7.89. The van der Waals surface area contributed by atoms with Gasteiger partial charge in [0, 0.05) is 12.6 Å². The largest absolute Gasteiger partial charge is 0.394 e. The van der Waals surface area contributed by atoms with Crippen LogP contribution in [0, 0.1) is 0 Å². The first kappa shape index (κ1) is 20.5. The van der Waals surface area contributed by atoms with Crippen molar-refractivity contribution in [2.75, 3.05) is 6.61 Å². The molecule has 156 valence electrons. The van der Waals surface area contributed by atoms with E-state index < -0.39 is 28.0 Å². The Morgan fingerprint density at radius 2 is 1.73 bits per heavy atom. The summed E-state index contributed by atoms with van der Waals surface area (Å²) in [5.41, 5.74) is 1.85. The van der Waals surface area contributed by atoms with Gasteiger partial charge in [0.25, 0.3) is 0 Å². The van der Waals surface area contributed by atoms with Gasteiger partial charge in [-0.25, -0.2) is 8.42 Å². The van der Waals surface area contributed by atoms with E-state index in [9.17, 15) is 18.3 Å². The van der Waals surface area contributed by atoms with Crippen LogP contribution < -0.4 is 5.32 Å². The molecule has 2 N–H and O–H groups in total. The number of hydrogen-bond acceptors (Lipinski definition) is 4. The molecule has 0 radical (unpaired) electrons. The van der Waals surface area contributed by atoms with Gasteiger partial charge in [-0.15, -0.1) is 0 Å². The van der Waals surface area contributed by atoms with Crippen LogP contribution in [-0.2, 0) is 27.8 Å². The lowest BCUT2D eigenvalue weighted by Gasteiger charge is -2.35. The summed E-state index contributed by atoms with van der Waals surface area (Å²) in [7, 11) is -3.92. The molecular weight excluding hydrogens is 400 g/mol. The van der Waals surface area contributed by atoms with Crippen LogP contribution in [0.15, 0.2) is 71.6 Å². The molecule has 0 bridgehead atoms. The average molecular weight is 425 g/mol. The standard InChI is InChI=1S/C23H24N2O4S/c1-16(15-26)24-23(27)22-13-19-8-4-5-9-20(19)14-25(22)30(28,29)21-11-10-17-6-2-3-7-18(17)12-21/h2-12,16,22,26H,13-15H2,1H3,(H,24,27). The summed E-state index contributed by atoms with van der Waals surface area (Å²) in [5.74, 6) is -0.407. The summed E-state index contributed by atoms with van der Waals surface area (Å²) >= 11 is 0. The molecule has 30 heavy (non-hydrogen) atoms. The van der Waals surface area contributed by atoms with Crippen LogP contribution in [0.1, 0.15) is 18.1 Å². The Morgan fingerprint density at radius 3 is 2.47 bits per heavy atom. The molecule has 3 aromatic carbocycles. The third kappa shape index (κ3) is 3.84. The number of nitrogens with one attached hydrogen (secondary N) is 1. The van der Waals surface area contributed by atoms with Crippen molar-refractivity contribution in [1.82, 2.24) is 9.62 Å². The van der Waals surface area contributed by atoms with Gasteiger partial charge in [0.2, 0.25) is 15.9 Å². The molecule has 4 rings (SSSR count). The number of sulfonamides is 1. The summed E-state index contributed by atoms with van der Waals surface area (Å²) in [6.07, 6.45) is 0.285. The first-order chi connectivity index (χ1) is 14.4. The quantitative estimate of drug-likeness (QED) is 0.659.